The lowest BCUT2D eigenvalue weighted by Gasteiger charge is -2.28. The van der Waals surface area contributed by atoms with E-state index in [1.807, 2.05) is 11.0 Å². The van der Waals surface area contributed by atoms with Gasteiger partial charge in [0.15, 0.2) is 15.0 Å². The van der Waals surface area contributed by atoms with Gasteiger partial charge in [-0.05, 0) is 29.8 Å². The van der Waals surface area contributed by atoms with Crippen LogP contribution in [0, 0.1) is 5.82 Å². The van der Waals surface area contributed by atoms with E-state index in [4.69, 9.17) is 14.5 Å². The fraction of sp³-hybridized carbons (Fsp3) is 0.350. The van der Waals surface area contributed by atoms with Crippen molar-refractivity contribution in [2.75, 3.05) is 30.6 Å². The van der Waals surface area contributed by atoms with Crippen LogP contribution in [0.2, 0.25) is 0 Å². The number of aliphatic imine (C=N–C) groups is 1. The first kappa shape index (κ1) is 21.5. The van der Waals surface area contributed by atoms with Gasteiger partial charge >= 0.3 is 0 Å². The minimum absolute atomic E-state index is 0.0111. The number of amidine groups is 1. The summed E-state index contributed by atoms with van der Waals surface area (Å²) in [5, 5.41) is 0.647. The van der Waals surface area contributed by atoms with Crippen molar-refractivity contribution < 1.29 is 22.3 Å². The number of rotatable bonds is 5. The average Bonchev–Trinajstić information content (AvgIpc) is 3.17. The Morgan fingerprint density at radius 2 is 2.00 bits per heavy atom. The number of ether oxygens (including phenoxy) is 2. The average molecular weight is 515 g/mol. The molecule has 0 unspecified atom stereocenters. The first-order valence-electron chi connectivity index (χ1n) is 9.17. The second-order valence-electron chi connectivity index (χ2n) is 7.06. The number of anilines is 1. The molecule has 0 bridgehead atoms. The van der Waals surface area contributed by atoms with Crippen LogP contribution in [-0.4, -0.2) is 51.4 Å². The van der Waals surface area contributed by atoms with Crippen LogP contribution < -0.4 is 14.4 Å². The fourth-order valence-electron chi connectivity index (χ4n) is 3.68. The number of nitrogens with zero attached hydrogens (tertiary/aromatic N) is 2. The Labute approximate surface area is 187 Å². The van der Waals surface area contributed by atoms with Crippen molar-refractivity contribution in [2.24, 2.45) is 4.99 Å². The molecule has 0 N–H and O–H groups in total. The molecule has 2 aromatic carbocycles. The van der Waals surface area contributed by atoms with Crippen molar-refractivity contribution in [3.8, 4) is 11.5 Å². The summed E-state index contributed by atoms with van der Waals surface area (Å²) in [6, 6.07) is 9.63. The summed E-state index contributed by atoms with van der Waals surface area (Å²) in [7, 11) is -0.0501. The van der Waals surface area contributed by atoms with E-state index >= 15 is 0 Å². The molecule has 2 aromatic rings. The van der Waals surface area contributed by atoms with Crippen LogP contribution in [0.25, 0.3) is 0 Å². The maximum absolute atomic E-state index is 14.3. The molecule has 10 heteroatoms. The van der Waals surface area contributed by atoms with Crippen LogP contribution in [0.1, 0.15) is 5.56 Å². The van der Waals surface area contributed by atoms with E-state index in [9.17, 15) is 12.8 Å². The van der Waals surface area contributed by atoms with E-state index in [0.717, 1.165) is 0 Å². The minimum atomic E-state index is -3.18. The van der Waals surface area contributed by atoms with E-state index in [0.29, 0.717) is 38.1 Å². The fourth-order valence-corrected chi connectivity index (χ4v) is 6.96. The smallest absolute Gasteiger partial charge is 0.164 e. The number of thioether (sulfide) groups is 1. The van der Waals surface area contributed by atoms with E-state index in [1.54, 1.807) is 38.5 Å². The molecular formula is C20H20BrFN2O4S2. The lowest BCUT2D eigenvalue weighted by molar-refractivity contribution is 0.403. The van der Waals surface area contributed by atoms with Gasteiger partial charge in [-0.15, -0.1) is 0 Å². The minimum Gasteiger partial charge on any atom is -0.497 e. The molecule has 0 aliphatic carbocycles. The Kier molecular flexibility index (Phi) is 6.00. The lowest BCUT2D eigenvalue weighted by Crippen LogP contribution is -2.39. The molecule has 0 amide bonds. The first-order chi connectivity index (χ1) is 14.3. The van der Waals surface area contributed by atoms with E-state index < -0.39 is 9.84 Å². The van der Waals surface area contributed by atoms with Crippen LogP contribution in [0.5, 0.6) is 11.5 Å². The Hall–Kier alpha value is -1.78. The molecule has 1 fully saturated rings. The molecule has 0 saturated carbocycles. The van der Waals surface area contributed by atoms with Crippen molar-refractivity contribution in [1.29, 1.82) is 0 Å². The summed E-state index contributed by atoms with van der Waals surface area (Å²) in [5.74, 6) is 1.30. The predicted molar refractivity (Wildman–Crippen MR) is 121 cm³/mol. The highest BCUT2D eigenvalue weighted by molar-refractivity contribution is 9.10. The van der Waals surface area contributed by atoms with Crippen molar-refractivity contribution in [3.63, 3.8) is 0 Å². The second kappa shape index (κ2) is 8.39. The van der Waals surface area contributed by atoms with Crippen molar-refractivity contribution in [1.82, 2.24) is 0 Å². The van der Waals surface area contributed by atoms with Gasteiger partial charge in [-0.1, -0.05) is 33.8 Å². The van der Waals surface area contributed by atoms with Crippen LogP contribution in [0.4, 0.5) is 10.1 Å². The third-order valence-electron chi connectivity index (χ3n) is 5.12. The standard InChI is InChI=1S/C20H20BrFN2O4S2/c1-27-14-5-6-19(28-2)17(8-14)24-18-11-30(25,26)10-16(18)23-20(24)29-9-12-3-4-13(21)7-15(12)22/h3-8,16,18H,9-11H2,1-2H3/t16-,18-/m1/s1. The highest BCUT2D eigenvalue weighted by Crippen LogP contribution is 2.41. The van der Waals surface area contributed by atoms with Crippen LogP contribution in [0.3, 0.4) is 0 Å². The first-order valence-corrected chi connectivity index (χ1v) is 12.8. The summed E-state index contributed by atoms with van der Waals surface area (Å²) >= 11 is 4.64. The van der Waals surface area contributed by atoms with Crippen molar-refractivity contribution >= 4 is 48.4 Å². The Morgan fingerprint density at radius 3 is 2.70 bits per heavy atom. The SMILES string of the molecule is COc1ccc(OC)c(N2C(SCc3ccc(Br)cc3F)=N[C@@H]3CS(=O)(=O)C[C@H]32)c1. The summed E-state index contributed by atoms with van der Waals surface area (Å²) in [4.78, 5) is 6.60. The van der Waals surface area contributed by atoms with Crippen LogP contribution in [0.15, 0.2) is 45.9 Å². The molecule has 0 aromatic heterocycles. The molecular weight excluding hydrogens is 495 g/mol. The second-order valence-corrected chi connectivity index (χ2v) is 11.1. The third-order valence-corrected chi connectivity index (χ3v) is 8.33. The quantitative estimate of drug-likeness (QED) is 0.602. The molecule has 0 spiro atoms. The molecule has 2 aliphatic heterocycles. The summed E-state index contributed by atoms with van der Waals surface area (Å²) in [5.41, 5.74) is 1.23. The molecule has 2 aliphatic rings. The topological polar surface area (TPSA) is 68.2 Å². The molecule has 30 heavy (non-hydrogen) atoms. The summed E-state index contributed by atoms with van der Waals surface area (Å²) < 4.78 is 50.3. The van der Waals surface area contributed by atoms with Gasteiger partial charge in [-0.3, -0.25) is 4.99 Å². The lowest BCUT2D eigenvalue weighted by atomic mass is 10.1. The number of benzene rings is 2. The molecule has 1 saturated heterocycles. The van der Waals surface area contributed by atoms with Gasteiger partial charge in [0.2, 0.25) is 0 Å². The van der Waals surface area contributed by atoms with E-state index in [-0.39, 0.29) is 29.4 Å². The Morgan fingerprint density at radius 1 is 1.20 bits per heavy atom. The van der Waals surface area contributed by atoms with Gasteiger partial charge < -0.3 is 14.4 Å². The highest BCUT2D eigenvalue weighted by Gasteiger charge is 2.47. The van der Waals surface area contributed by atoms with Crippen molar-refractivity contribution in [2.45, 2.75) is 17.8 Å². The zero-order valence-corrected chi connectivity index (χ0v) is 19.6. The zero-order valence-electron chi connectivity index (χ0n) is 16.3. The molecule has 2 heterocycles. The number of halogens is 2. The highest BCUT2D eigenvalue weighted by atomic mass is 79.9. The van der Waals surface area contributed by atoms with Gasteiger partial charge in [0, 0.05) is 16.3 Å². The molecule has 0 radical (unpaired) electrons. The molecule has 160 valence electrons. The zero-order chi connectivity index (χ0) is 21.5. The number of methoxy groups -OCH3 is 2. The number of sulfone groups is 1. The maximum atomic E-state index is 14.3. The Bertz CT molecular complexity index is 1110. The summed E-state index contributed by atoms with van der Waals surface area (Å²) in [6.07, 6.45) is 0. The number of fused-ring (bicyclic) bond motifs is 1. The van der Waals surface area contributed by atoms with Gasteiger partial charge in [-0.2, -0.15) is 0 Å². The molecule has 6 nitrogen and oxygen atoms in total. The number of hydrogen-bond donors (Lipinski definition) is 0. The normalized spacial score (nSPS) is 22.0. The van der Waals surface area contributed by atoms with E-state index in [2.05, 4.69) is 15.9 Å². The maximum Gasteiger partial charge on any atom is 0.164 e. The van der Waals surface area contributed by atoms with Crippen LogP contribution >= 0.6 is 27.7 Å². The predicted octanol–water partition coefficient (Wildman–Crippen LogP) is 3.88. The number of hydrogen-bond acceptors (Lipinski definition) is 7. The van der Waals surface area contributed by atoms with Crippen LogP contribution in [-0.2, 0) is 15.6 Å². The van der Waals surface area contributed by atoms with E-state index in [1.165, 1.54) is 17.8 Å². The van der Waals surface area contributed by atoms with Gasteiger partial charge in [0.25, 0.3) is 0 Å². The van der Waals surface area contributed by atoms with Crippen molar-refractivity contribution in [3.05, 3.63) is 52.3 Å². The monoisotopic (exact) mass is 514 g/mol. The molecule has 2 atom stereocenters. The van der Waals surface area contributed by atoms with Gasteiger partial charge in [0.1, 0.15) is 17.3 Å². The van der Waals surface area contributed by atoms with Gasteiger partial charge in [-0.25, -0.2) is 12.8 Å². The largest absolute Gasteiger partial charge is 0.497 e. The third kappa shape index (κ3) is 4.17. The Balaban J connectivity index is 1.69. The van der Waals surface area contributed by atoms with Gasteiger partial charge in [0.05, 0.1) is 43.5 Å². The summed E-state index contributed by atoms with van der Waals surface area (Å²) in [6.45, 7) is 0. The molecule has 4 rings (SSSR count).